The maximum absolute atomic E-state index is 11.2. The Morgan fingerprint density at radius 2 is 2.54 bits per heavy atom. The average molecular weight is 298 g/mol. The first-order valence-electron chi connectivity index (χ1n) is 4.13. The normalized spacial score (nSPS) is 23.8. The Kier molecular flexibility index (Phi) is 3.95. The first-order valence-corrected chi connectivity index (χ1v) is 5.38. The monoisotopic (exact) mass is 298 g/mol. The number of halogens is 1. The molecule has 1 fully saturated rings. The van der Waals surface area contributed by atoms with E-state index < -0.39 is 0 Å². The third kappa shape index (κ3) is 3.13. The van der Waals surface area contributed by atoms with Gasteiger partial charge >= 0.3 is 11.9 Å². The minimum atomic E-state index is -0.371. The van der Waals surface area contributed by atoms with Crippen LogP contribution in [0.25, 0.3) is 0 Å². The SMILES string of the molecule is CCC(I)C(=O)OC1COC(=O)C1. The Morgan fingerprint density at radius 3 is 3.00 bits per heavy atom. The number of cyclic esters (lactones) is 1. The number of hydrogen-bond donors (Lipinski definition) is 0. The molecule has 0 N–H and O–H groups in total. The Labute approximate surface area is 90.1 Å². The zero-order valence-electron chi connectivity index (χ0n) is 7.29. The summed E-state index contributed by atoms with van der Waals surface area (Å²) in [5.74, 6) is -0.550. The van der Waals surface area contributed by atoms with Gasteiger partial charge in [0.25, 0.3) is 0 Å². The van der Waals surface area contributed by atoms with Gasteiger partial charge in [-0.1, -0.05) is 29.5 Å². The highest BCUT2D eigenvalue weighted by Crippen LogP contribution is 2.14. The molecule has 0 aromatic carbocycles. The van der Waals surface area contributed by atoms with Crippen LogP contribution in [0.4, 0.5) is 0 Å². The van der Waals surface area contributed by atoms with Gasteiger partial charge in [0.1, 0.15) is 16.6 Å². The molecule has 1 heterocycles. The molecule has 0 aliphatic carbocycles. The molecule has 1 saturated heterocycles. The maximum atomic E-state index is 11.2. The molecular formula is C8H11IO4. The molecule has 0 bridgehead atoms. The largest absolute Gasteiger partial charge is 0.462 e. The molecule has 2 atom stereocenters. The van der Waals surface area contributed by atoms with E-state index in [4.69, 9.17) is 4.74 Å². The summed E-state index contributed by atoms with van der Waals surface area (Å²) in [4.78, 5) is 21.9. The van der Waals surface area contributed by atoms with E-state index in [0.717, 1.165) is 6.42 Å². The number of carbonyl (C=O) groups excluding carboxylic acids is 2. The number of rotatable bonds is 3. The van der Waals surface area contributed by atoms with Gasteiger partial charge in [-0.2, -0.15) is 0 Å². The fourth-order valence-electron chi connectivity index (χ4n) is 0.970. The van der Waals surface area contributed by atoms with Crippen LogP contribution in [0.3, 0.4) is 0 Å². The topological polar surface area (TPSA) is 52.6 Å². The lowest BCUT2D eigenvalue weighted by Gasteiger charge is -2.11. The third-order valence-corrected chi connectivity index (χ3v) is 3.11. The molecule has 0 saturated carbocycles. The number of hydrogen-bond acceptors (Lipinski definition) is 4. The van der Waals surface area contributed by atoms with E-state index in [1.54, 1.807) is 0 Å². The van der Waals surface area contributed by atoms with E-state index >= 15 is 0 Å². The smallest absolute Gasteiger partial charge is 0.319 e. The van der Waals surface area contributed by atoms with Crippen LogP contribution in [-0.2, 0) is 19.1 Å². The Hall–Kier alpha value is -0.330. The van der Waals surface area contributed by atoms with E-state index in [1.807, 2.05) is 29.5 Å². The van der Waals surface area contributed by atoms with Crippen molar-refractivity contribution in [2.75, 3.05) is 6.61 Å². The van der Waals surface area contributed by atoms with Crippen LogP contribution in [0, 0.1) is 0 Å². The Bertz CT molecular complexity index is 216. The van der Waals surface area contributed by atoms with Gasteiger partial charge in [-0.3, -0.25) is 9.59 Å². The zero-order valence-corrected chi connectivity index (χ0v) is 9.44. The molecule has 0 aromatic heterocycles. The van der Waals surface area contributed by atoms with Crippen molar-refractivity contribution in [3.63, 3.8) is 0 Å². The molecule has 0 amide bonds. The molecule has 0 aromatic rings. The molecule has 74 valence electrons. The molecule has 4 nitrogen and oxygen atoms in total. The van der Waals surface area contributed by atoms with E-state index in [1.165, 1.54) is 0 Å². The summed E-state index contributed by atoms with van der Waals surface area (Å²) in [6.07, 6.45) is 0.559. The number of alkyl halides is 1. The summed E-state index contributed by atoms with van der Waals surface area (Å²) < 4.78 is 9.57. The summed E-state index contributed by atoms with van der Waals surface area (Å²) in [5.41, 5.74) is 0. The molecular weight excluding hydrogens is 287 g/mol. The number of esters is 2. The van der Waals surface area contributed by atoms with Crippen molar-refractivity contribution in [2.45, 2.75) is 29.8 Å². The lowest BCUT2D eigenvalue weighted by Crippen LogP contribution is -2.24. The van der Waals surface area contributed by atoms with Crippen LogP contribution in [-0.4, -0.2) is 28.6 Å². The van der Waals surface area contributed by atoms with Crippen molar-refractivity contribution in [3.8, 4) is 0 Å². The lowest BCUT2D eigenvalue weighted by molar-refractivity contribution is -0.148. The summed E-state index contributed by atoms with van der Waals surface area (Å²) in [6, 6.07) is 0. The molecule has 0 spiro atoms. The molecule has 1 aliphatic rings. The second-order valence-corrected chi connectivity index (χ2v) is 4.33. The predicted octanol–water partition coefficient (Wildman–Crippen LogP) is 1.06. The van der Waals surface area contributed by atoms with Crippen molar-refractivity contribution in [2.24, 2.45) is 0 Å². The van der Waals surface area contributed by atoms with Crippen LogP contribution >= 0.6 is 22.6 Å². The van der Waals surface area contributed by atoms with E-state index in [2.05, 4.69) is 4.74 Å². The molecule has 0 radical (unpaired) electrons. The number of carbonyl (C=O) groups is 2. The maximum Gasteiger partial charge on any atom is 0.319 e. The Morgan fingerprint density at radius 1 is 1.85 bits per heavy atom. The standard InChI is InChI=1S/C8H11IO4/c1-2-6(9)8(11)13-5-3-7(10)12-4-5/h5-6H,2-4H2,1H3. The fourth-order valence-corrected chi connectivity index (χ4v) is 1.12. The predicted molar refractivity (Wildman–Crippen MR) is 53.6 cm³/mol. The Balaban J connectivity index is 2.32. The molecule has 13 heavy (non-hydrogen) atoms. The van der Waals surface area contributed by atoms with Gasteiger partial charge in [0.2, 0.25) is 0 Å². The van der Waals surface area contributed by atoms with E-state index in [-0.39, 0.29) is 35.0 Å². The van der Waals surface area contributed by atoms with Crippen LogP contribution in [0.15, 0.2) is 0 Å². The first kappa shape index (κ1) is 10.7. The zero-order chi connectivity index (χ0) is 9.84. The van der Waals surface area contributed by atoms with Crippen LogP contribution in [0.1, 0.15) is 19.8 Å². The highest BCUT2D eigenvalue weighted by atomic mass is 127. The summed E-state index contributed by atoms with van der Waals surface area (Å²) in [6.45, 7) is 2.12. The van der Waals surface area contributed by atoms with Crippen molar-refractivity contribution in [1.82, 2.24) is 0 Å². The van der Waals surface area contributed by atoms with Crippen molar-refractivity contribution in [3.05, 3.63) is 0 Å². The molecule has 1 rings (SSSR count). The quantitative estimate of drug-likeness (QED) is 0.444. The fraction of sp³-hybridized carbons (Fsp3) is 0.750. The van der Waals surface area contributed by atoms with Crippen molar-refractivity contribution in [1.29, 1.82) is 0 Å². The van der Waals surface area contributed by atoms with Crippen molar-refractivity contribution < 1.29 is 19.1 Å². The van der Waals surface area contributed by atoms with Gasteiger partial charge in [0.05, 0.1) is 6.42 Å². The van der Waals surface area contributed by atoms with Crippen LogP contribution in [0.5, 0.6) is 0 Å². The van der Waals surface area contributed by atoms with Gasteiger partial charge in [0.15, 0.2) is 0 Å². The minimum Gasteiger partial charge on any atom is -0.462 e. The highest BCUT2D eigenvalue weighted by Gasteiger charge is 2.28. The van der Waals surface area contributed by atoms with Crippen LogP contribution in [0.2, 0.25) is 0 Å². The third-order valence-electron chi connectivity index (χ3n) is 1.72. The van der Waals surface area contributed by atoms with Crippen molar-refractivity contribution >= 4 is 34.5 Å². The average Bonchev–Trinajstić information content (AvgIpc) is 2.49. The van der Waals surface area contributed by atoms with Gasteiger partial charge < -0.3 is 9.47 Å². The number of ether oxygens (including phenoxy) is 2. The second-order valence-electron chi connectivity index (χ2n) is 2.82. The highest BCUT2D eigenvalue weighted by molar-refractivity contribution is 14.1. The van der Waals surface area contributed by atoms with Gasteiger partial charge in [-0.25, -0.2) is 0 Å². The van der Waals surface area contributed by atoms with E-state index in [9.17, 15) is 9.59 Å². The second kappa shape index (κ2) is 4.78. The molecule has 5 heteroatoms. The molecule has 1 aliphatic heterocycles. The summed E-state index contributed by atoms with van der Waals surface area (Å²) in [5, 5.41) is 0. The minimum absolute atomic E-state index is 0.131. The molecule has 2 unspecified atom stereocenters. The summed E-state index contributed by atoms with van der Waals surface area (Å²) >= 11 is 2.02. The van der Waals surface area contributed by atoms with Gasteiger partial charge in [-0.05, 0) is 6.42 Å². The van der Waals surface area contributed by atoms with Crippen LogP contribution < -0.4 is 0 Å². The van der Waals surface area contributed by atoms with Gasteiger partial charge in [0, 0.05) is 0 Å². The first-order chi connectivity index (χ1) is 6.13. The van der Waals surface area contributed by atoms with Gasteiger partial charge in [-0.15, -0.1) is 0 Å². The van der Waals surface area contributed by atoms with E-state index in [0.29, 0.717) is 0 Å². The lowest BCUT2D eigenvalue weighted by atomic mass is 10.3. The summed E-state index contributed by atoms with van der Waals surface area (Å²) in [7, 11) is 0.